The molecule has 112 valence electrons. The van der Waals surface area contributed by atoms with Crippen molar-refractivity contribution in [2.75, 3.05) is 6.61 Å². The monoisotopic (exact) mass is 284 g/mol. The third kappa shape index (κ3) is 6.63. The number of hydrogen-bond acceptors (Lipinski definition) is 3. The highest BCUT2D eigenvalue weighted by atomic mass is 16.6. The molecule has 1 rings (SSSR count). The van der Waals surface area contributed by atoms with E-state index in [1.165, 1.54) is 0 Å². The average Bonchev–Trinajstić information content (AvgIpc) is 2.36. The van der Waals surface area contributed by atoms with E-state index in [0.29, 0.717) is 12.4 Å². The molecule has 1 aromatic carbocycles. The minimum Gasteiger partial charge on any atom is -0.492 e. The van der Waals surface area contributed by atoms with Crippen LogP contribution >= 0.6 is 0 Å². The molecule has 0 aliphatic heterocycles. The molecule has 0 heterocycles. The van der Waals surface area contributed by atoms with Gasteiger partial charge in [-0.25, -0.2) is 9.59 Å². The fraction of sp³-hybridized carbons (Fsp3) is 0.429. The van der Waals surface area contributed by atoms with Crippen LogP contribution in [0.3, 0.4) is 0 Å². The Balaban J connectivity index is 0.000000796. The van der Waals surface area contributed by atoms with E-state index in [-0.39, 0.29) is 5.56 Å². The van der Waals surface area contributed by atoms with Crippen LogP contribution in [0.4, 0.5) is 4.79 Å². The van der Waals surface area contributed by atoms with Gasteiger partial charge in [0.2, 0.25) is 0 Å². The molecular weight excluding hydrogens is 264 g/mol. The first-order chi connectivity index (χ1) is 9.43. The van der Waals surface area contributed by atoms with Crippen molar-refractivity contribution >= 4 is 12.1 Å². The van der Waals surface area contributed by atoms with Crippen LogP contribution in [0.5, 0.6) is 5.75 Å². The number of benzene rings is 1. The summed E-state index contributed by atoms with van der Waals surface area (Å²) in [6.45, 7) is 4.63. The highest BCUT2D eigenvalue weighted by molar-refractivity contribution is 5.91. The van der Waals surface area contributed by atoms with Crippen LogP contribution in [0.2, 0.25) is 0 Å². The van der Waals surface area contributed by atoms with E-state index in [4.69, 9.17) is 24.9 Å². The van der Waals surface area contributed by atoms with Gasteiger partial charge >= 0.3 is 12.1 Å². The third-order valence-electron chi connectivity index (χ3n) is 2.30. The normalized spacial score (nSPS) is 9.30. The summed E-state index contributed by atoms with van der Waals surface area (Å²) in [6.07, 6.45) is 0.866. The van der Waals surface area contributed by atoms with Crippen LogP contribution in [0.25, 0.3) is 0 Å². The molecule has 0 fully saturated rings. The van der Waals surface area contributed by atoms with Gasteiger partial charge in [0.15, 0.2) is 0 Å². The van der Waals surface area contributed by atoms with E-state index < -0.39 is 12.1 Å². The van der Waals surface area contributed by atoms with Crippen molar-refractivity contribution in [3.63, 3.8) is 0 Å². The lowest BCUT2D eigenvalue weighted by molar-refractivity contribution is 0.0691. The number of para-hydroxylation sites is 1. The summed E-state index contributed by atoms with van der Waals surface area (Å²) in [5.74, 6) is -0.386. The lowest BCUT2D eigenvalue weighted by atomic mass is 10.0. The zero-order valence-corrected chi connectivity index (χ0v) is 11.6. The van der Waals surface area contributed by atoms with E-state index in [9.17, 15) is 4.79 Å². The van der Waals surface area contributed by atoms with Gasteiger partial charge in [-0.05, 0) is 24.5 Å². The van der Waals surface area contributed by atoms with Crippen LogP contribution in [-0.4, -0.2) is 34.1 Å². The van der Waals surface area contributed by atoms with Gasteiger partial charge in [-0.15, -0.1) is 0 Å². The molecule has 3 N–H and O–H groups in total. The van der Waals surface area contributed by atoms with E-state index in [1.54, 1.807) is 12.1 Å². The van der Waals surface area contributed by atoms with E-state index in [2.05, 4.69) is 6.92 Å². The molecule has 0 unspecified atom stereocenters. The molecule has 6 nitrogen and oxygen atoms in total. The van der Waals surface area contributed by atoms with Gasteiger partial charge in [0.05, 0.1) is 6.61 Å². The molecule has 6 heteroatoms. The average molecular weight is 284 g/mol. The summed E-state index contributed by atoms with van der Waals surface area (Å²) in [7, 11) is 0. The number of rotatable bonds is 6. The molecule has 1 aromatic rings. The first-order valence-electron chi connectivity index (χ1n) is 6.33. The number of carboxylic acid groups (broad SMARTS) is 3. The van der Waals surface area contributed by atoms with Crippen molar-refractivity contribution in [2.24, 2.45) is 0 Å². The quantitative estimate of drug-likeness (QED) is 0.740. The minimum absolute atomic E-state index is 0.263. The Morgan fingerprint density at radius 1 is 1.10 bits per heavy atom. The smallest absolute Gasteiger partial charge is 0.492 e. The topological polar surface area (TPSA) is 104 Å². The maximum absolute atomic E-state index is 11.1. The third-order valence-corrected chi connectivity index (χ3v) is 2.30. The molecule has 0 bridgehead atoms. The number of carboxylic acids is 1. The summed E-state index contributed by atoms with van der Waals surface area (Å²) < 4.78 is 5.55. The minimum atomic E-state index is -1.83. The van der Waals surface area contributed by atoms with Crippen LogP contribution in [-0.2, 0) is 6.42 Å². The Hall–Kier alpha value is -2.24. The fourth-order valence-corrected chi connectivity index (χ4v) is 1.59. The van der Waals surface area contributed by atoms with E-state index in [1.807, 2.05) is 13.0 Å². The highest BCUT2D eigenvalue weighted by Gasteiger charge is 2.14. The molecule has 0 amide bonds. The SMILES string of the molecule is CCCOc1c(CCC)cccc1C(=O)O.O=C(O)O. The standard InChI is InChI=1S/C13H18O3.CH2O3/c1-3-6-10-7-5-8-11(13(14)15)12(10)16-9-4-2;2-1(3)4/h5,7-8H,3-4,6,9H2,1-2H3,(H,14,15);(H2,2,3,4). The maximum atomic E-state index is 11.1. The van der Waals surface area contributed by atoms with Gasteiger partial charge in [-0.1, -0.05) is 32.4 Å². The predicted octanol–water partition coefficient (Wildman–Crippen LogP) is 3.35. The van der Waals surface area contributed by atoms with E-state index in [0.717, 1.165) is 24.8 Å². The number of aromatic carboxylic acids is 1. The van der Waals surface area contributed by atoms with Crippen molar-refractivity contribution in [3.8, 4) is 5.75 Å². The largest absolute Gasteiger partial charge is 0.503 e. The van der Waals surface area contributed by atoms with Crippen molar-refractivity contribution in [2.45, 2.75) is 33.1 Å². The summed E-state index contributed by atoms with van der Waals surface area (Å²) in [6, 6.07) is 5.29. The maximum Gasteiger partial charge on any atom is 0.503 e. The molecule has 20 heavy (non-hydrogen) atoms. The molecule has 0 saturated carbocycles. The molecular formula is C14H20O6. The molecule has 0 aromatic heterocycles. The Morgan fingerprint density at radius 2 is 1.70 bits per heavy atom. The second-order valence-electron chi connectivity index (χ2n) is 3.98. The summed E-state index contributed by atoms with van der Waals surface area (Å²) in [4.78, 5) is 19.6. The van der Waals surface area contributed by atoms with E-state index >= 15 is 0 Å². The number of hydrogen-bond donors (Lipinski definition) is 3. The van der Waals surface area contributed by atoms with Crippen molar-refractivity contribution in [3.05, 3.63) is 29.3 Å². The zero-order valence-electron chi connectivity index (χ0n) is 11.6. The molecule has 0 atom stereocenters. The fourth-order valence-electron chi connectivity index (χ4n) is 1.59. The Morgan fingerprint density at radius 3 is 2.15 bits per heavy atom. The van der Waals surface area contributed by atoms with Crippen LogP contribution in [0.1, 0.15) is 42.6 Å². The second-order valence-corrected chi connectivity index (χ2v) is 3.98. The van der Waals surface area contributed by atoms with Crippen LogP contribution < -0.4 is 4.74 Å². The van der Waals surface area contributed by atoms with Crippen molar-refractivity contribution in [1.82, 2.24) is 0 Å². The van der Waals surface area contributed by atoms with Gasteiger partial charge in [0.25, 0.3) is 0 Å². The Labute approximate surface area is 117 Å². The summed E-state index contributed by atoms with van der Waals surface area (Å²) >= 11 is 0. The zero-order chi connectivity index (χ0) is 15.5. The van der Waals surface area contributed by atoms with Gasteiger partial charge in [0, 0.05) is 0 Å². The summed E-state index contributed by atoms with van der Waals surface area (Å²) in [5, 5.41) is 23.0. The van der Waals surface area contributed by atoms with Gasteiger partial charge < -0.3 is 20.1 Å². The van der Waals surface area contributed by atoms with Crippen molar-refractivity contribution < 1.29 is 29.6 Å². The number of ether oxygens (including phenoxy) is 1. The number of carbonyl (C=O) groups is 2. The highest BCUT2D eigenvalue weighted by Crippen LogP contribution is 2.25. The molecule has 0 aliphatic rings. The lowest BCUT2D eigenvalue weighted by Crippen LogP contribution is -2.06. The first-order valence-corrected chi connectivity index (χ1v) is 6.33. The van der Waals surface area contributed by atoms with Gasteiger partial charge in [-0.2, -0.15) is 0 Å². The van der Waals surface area contributed by atoms with Crippen molar-refractivity contribution in [1.29, 1.82) is 0 Å². The van der Waals surface area contributed by atoms with Gasteiger partial charge in [-0.3, -0.25) is 0 Å². The second kappa shape index (κ2) is 9.66. The van der Waals surface area contributed by atoms with Crippen LogP contribution in [0, 0.1) is 0 Å². The molecule has 0 aliphatic carbocycles. The Kier molecular flexibility index (Phi) is 8.58. The molecule has 0 radical (unpaired) electrons. The van der Waals surface area contributed by atoms with Gasteiger partial charge in [0.1, 0.15) is 11.3 Å². The lowest BCUT2D eigenvalue weighted by Gasteiger charge is -2.12. The molecule has 0 saturated heterocycles. The number of aryl methyl sites for hydroxylation is 1. The predicted molar refractivity (Wildman–Crippen MR) is 73.8 cm³/mol. The van der Waals surface area contributed by atoms with Crippen LogP contribution in [0.15, 0.2) is 18.2 Å². The molecule has 0 spiro atoms. The summed E-state index contributed by atoms with van der Waals surface area (Å²) in [5.41, 5.74) is 1.25. The Bertz CT molecular complexity index is 437. The first kappa shape index (κ1) is 17.8.